The second-order valence-electron chi connectivity index (χ2n) is 6.20. The van der Waals surface area contributed by atoms with Crippen LogP contribution in [0.3, 0.4) is 0 Å². The van der Waals surface area contributed by atoms with E-state index in [0.717, 1.165) is 34.7 Å². The average molecular weight is 355 g/mol. The Balaban J connectivity index is 1.46. The van der Waals surface area contributed by atoms with Crippen molar-refractivity contribution in [2.24, 2.45) is 0 Å². The maximum atomic E-state index is 12.2. The Morgan fingerprint density at radius 3 is 2.73 bits per heavy atom. The molecular formula is C18H21N5O3. The molecule has 0 unspecified atom stereocenters. The van der Waals surface area contributed by atoms with Crippen LogP contribution in [0.1, 0.15) is 12.1 Å². The number of nitrogens with one attached hydrogen (secondary N) is 2. The standard InChI is InChI=1S/C18H21N5O3/c1-22(17(25)12-23-16(24)11-19-18(23)26)9-5-8-14-10-15(21-20-14)13-6-3-2-4-7-13/h2-4,6-7,10H,5,8-9,11-12H2,1H3,(H,19,26)(H,20,21). The number of carbonyl (C=O) groups excluding carboxylic acids is 3. The number of hydrogen-bond acceptors (Lipinski definition) is 4. The highest BCUT2D eigenvalue weighted by molar-refractivity contribution is 6.04. The number of H-pyrrole nitrogens is 1. The van der Waals surface area contributed by atoms with Crippen molar-refractivity contribution in [2.75, 3.05) is 26.7 Å². The summed E-state index contributed by atoms with van der Waals surface area (Å²) in [5.41, 5.74) is 2.94. The number of imide groups is 1. The molecule has 1 aromatic carbocycles. The second kappa shape index (κ2) is 7.81. The van der Waals surface area contributed by atoms with Crippen molar-refractivity contribution < 1.29 is 14.4 Å². The highest BCUT2D eigenvalue weighted by Crippen LogP contribution is 2.17. The van der Waals surface area contributed by atoms with E-state index >= 15 is 0 Å². The highest BCUT2D eigenvalue weighted by atomic mass is 16.2. The van der Waals surface area contributed by atoms with Crippen LogP contribution in [0.15, 0.2) is 36.4 Å². The van der Waals surface area contributed by atoms with Gasteiger partial charge in [-0.25, -0.2) is 4.79 Å². The van der Waals surface area contributed by atoms with Crippen LogP contribution in [-0.2, 0) is 16.0 Å². The molecule has 1 saturated heterocycles. The molecule has 2 aromatic rings. The van der Waals surface area contributed by atoms with Crippen molar-refractivity contribution in [3.8, 4) is 11.3 Å². The van der Waals surface area contributed by atoms with Crippen LogP contribution >= 0.6 is 0 Å². The molecule has 136 valence electrons. The summed E-state index contributed by atoms with van der Waals surface area (Å²) in [4.78, 5) is 37.6. The molecule has 3 rings (SSSR count). The summed E-state index contributed by atoms with van der Waals surface area (Å²) >= 11 is 0. The highest BCUT2D eigenvalue weighted by Gasteiger charge is 2.30. The molecule has 26 heavy (non-hydrogen) atoms. The van der Waals surface area contributed by atoms with Crippen molar-refractivity contribution in [1.82, 2.24) is 25.3 Å². The smallest absolute Gasteiger partial charge is 0.325 e. The third-order valence-electron chi connectivity index (χ3n) is 4.30. The molecule has 8 nitrogen and oxygen atoms in total. The molecule has 2 heterocycles. The first kappa shape index (κ1) is 17.7. The Morgan fingerprint density at radius 2 is 2.04 bits per heavy atom. The number of aryl methyl sites for hydroxylation is 1. The number of urea groups is 1. The fourth-order valence-electron chi connectivity index (χ4n) is 2.75. The molecule has 0 aliphatic carbocycles. The van der Waals surface area contributed by atoms with Crippen molar-refractivity contribution in [1.29, 1.82) is 0 Å². The van der Waals surface area contributed by atoms with Crippen molar-refractivity contribution in [3.05, 3.63) is 42.1 Å². The van der Waals surface area contributed by atoms with Gasteiger partial charge in [0.05, 0.1) is 12.2 Å². The van der Waals surface area contributed by atoms with E-state index in [2.05, 4.69) is 15.5 Å². The SMILES string of the molecule is CN(CCCc1cc(-c2ccccc2)n[nH]1)C(=O)CN1C(=O)CNC1=O. The molecular weight excluding hydrogens is 334 g/mol. The van der Waals surface area contributed by atoms with E-state index in [4.69, 9.17) is 0 Å². The van der Waals surface area contributed by atoms with Crippen LogP contribution < -0.4 is 5.32 Å². The quantitative estimate of drug-likeness (QED) is 0.725. The zero-order valence-corrected chi connectivity index (χ0v) is 14.6. The molecule has 0 saturated carbocycles. The van der Waals surface area contributed by atoms with Gasteiger partial charge >= 0.3 is 6.03 Å². The second-order valence-corrected chi connectivity index (χ2v) is 6.20. The molecule has 1 fully saturated rings. The first-order valence-corrected chi connectivity index (χ1v) is 8.46. The summed E-state index contributed by atoms with van der Waals surface area (Å²) < 4.78 is 0. The van der Waals surface area contributed by atoms with Crippen molar-refractivity contribution in [3.63, 3.8) is 0 Å². The molecule has 8 heteroatoms. The molecule has 0 atom stereocenters. The van der Waals surface area contributed by atoms with E-state index in [0.29, 0.717) is 6.54 Å². The van der Waals surface area contributed by atoms with Gasteiger partial charge in [0.1, 0.15) is 6.54 Å². The monoisotopic (exact) mass is 355 g/mol. The lowest BCUT2D eigenvalue weighted by Gasteiger charge is -2.19. The number of likely N-dealkylation sites (N-methyl/N-ethyl adjacent to an activating group) is 1. The first-order chi connectivity index (χ1) is 12.5. The normalized spacial score (nSPS) is 13.8. The van der Waals surface area contributed by atoms with Gasteiger partial charge in [0.15, 0.2) is 0 Å². The van der Waals surface area contributed by atoms with E-state index in [1.807, 2.05) is 36.4 Å². The van der Waals surface area contributed by atoms with Gasteiger partial charge in [-0.3, -0.25) is 19.6 Å². The van der Waals surface area contributed by atoms with Crippen molar-refractivity contribution >= 4 is 17.8 Å². The molecule has 0 radical (unpaired) electrons. The lowest BCUT2D eigenvalue weighted by Crippen LogP contribution is -2.42. The minimum absolute atomic E-state index is 0.0423. The van der Waals surface area contributed by atoms with Gasteiger partial charge in [-0.2, -0.15) is 5.10 Å². The number of aromatic amines is 1. The topological polar surface area (TPSA) is 98.4 Å². The number of aromatic nitrogens is 2. The first-order valence-electron chi connectivity index (χ1n) is 8.46. The maximum absolute atomic E-state index is 12.2. The van der Waals surface area contributed by atoms with Crippen LogP contribution in [0.25, 0.3) is 11.3 Å². The largest absolute Gasteiger partial charge is 0.344 e. The summed E-state index contributed by atoms with van der Waals surface area (Å²) in [6.07, 6.45) is 1.50. The third-order valence-corrected chi connectivity index (χ3v) is 4.30. The summed E-state index contributed by atoms with van der Waals surface area (Å²) in [5, 5.41) is 9.73. The number of rotatable bonds is 7. The molecule has 0 spiro atoms. The fraction of sp³-hybridized carbons (Fsp3) is 0.333. The summed E-state index contributed by atoms with van der Waals surface area (Å²) in [6.45, 7) is 0.269. The minimum Gasteiger partial charge on any atom is -0.344 e. The van der Waals surface area contributed by atoms with Crippen molar-refractivity contribution in [2.45, 2.75) is 12.8 Å². The summed E-state index contributed by atoms with van der Waals surface area (Å²) in [5.74, 6) is -0.632. The number of amides is 4. The molecule has 1 aliphatic heterocycles. The van der Waals surface area contributed by atoms with Gasteiger partial charge in [0.2, 0.25) is 5.91 Å². The lowest BCUT2D eigenvalue weighted by atomic mass is 10.1. The Hall–Kier alpha value is -3.16. The predicted octanol–water partition coefficient (Wildman–Crippen LogP) is 1.02. The molecule has 2 N–H and O–H groups in total. The maximum Gasteiger partial charge on any atom is 0.325 e. The molecule has 1 aliphatic rings. The van der Waals surface area contributed by atoms with Gasteiger partial charge in [-0.1, -0.05) is 30.3 Å². The zero-order valence-electron chi connectivity index (χ0n) is 14.6. The van der Waals surface area contributed by atoms with E-state index in [9.17, 15) is 14.4 Å². The van der Waals surface area contributed by atoms with Crippen LogP contribution in [0.5, 0.6) is 0 Å². The van der Waals surface area contributed by atoms with Gasteiger partial charge in [0.25, 0.3) is 5.91 Å². The molecule has 0 bridgehead atoms. The number of nitrogens with zero attached hydrogens (tertiary/aromatic N) is 3. The minimum atomic E-state index is -0.511. The van der Waals surface area contributed by atoms with Crippen LogP contribution in [-0.4, -0.2) is 64.5 Å². The van der Waals surface area contributed by atoms with Gasteiger partial charge in [-0.05, 0) is 18.9 Å². The molecule has 1 aromatic heterocycles. The van der Waals surface area contributed by atoms with E-state index < -0.39 is 6.03 Å². The Kier molecular flexibility index (Phi) is 5.31. The number of benzene rings is 1. The third kappa shape index (κ3) is 4.08. The number of carbonyl (C=O) groups is 3. The predicted molar refractivity (Wildman–Crippen MR) is 95.1 cm³/mol. The van der Waals surface area contributed by atoms with E-state index in [1.54, 1.807) is 7.05 Å². The Morgan fingerprint density at radius 1 is 1.27 bits per heavy atom. The van der Waals surface area contributed by atoms with Gasteiger partial charge < -0.3 is 10.2 Å². The summed E-state index contributed by atoms with van der Waals surface area (Å²) in [6, 6.07) is 11.4. The average Bonchev–Trinajstić information content (AvgIpc) is 3.24. The zero-order chi connectivity index (χ0) is 18.5. The van der Waals surface area contributed by atoms with E-state index in [1.165, 1.54) is 4.90 Å². The van der Waals surface area contributed by atoms with Crippen LogP contribution in [0.2, 0.25) is 0 Å². The van der Waals surface area contributed by atoms with Crippen LogP contribution in [0, 0.1) is 0 Å². The fourth-order valence-corrected chi connectivity index (χ4v) is 2.75. The van der Waals surface area contributed by atoms with Gasteiger partial charge in [-0.15, -0.1) is 0 Å². The van der Waals surface area contributed by atoms with Gasteiger partial charge in [0, 0.05) is 24.8 Å². The molecule has 4 amide bonds. The Bertz CT molecular complexity index is 786. The van der Waals surface area contributed by atoms with Crippen LogP contribution in [0.4, 0.5) is 4.79 Å². The lowest BCUT2D eigenvalue weighted by molar-refractivity contribution is -0.135. The van der Waals surface area contributed by atoms with E-state index in [-0.39, 0.29) is 24.9 Å². The number of hydrogen-bond donors (Lipinski definition) is 2. The Labute approximate surface area is 151 Å². The summed E-state index contributed by atoms with van der Waals surface area (Å²) in [7, 11) is 1.67.